The van der Waals surface area contributed by atoms with Crippen LogP contribution in [0.25, 0.3) is 0 Å². The van der Waals surface area contributed by atoms with E-state index in [1.165, 1.54) is 16.9 Å². The Morgan fingerprint density at radius 3 is 2.40 bits per heavy atom. The molecule has 1 atom stereocenters. The van der Waals surface area contributed by atoms with Gasteiger partial charge in [0.25, 0.3) is 17.8 Å². The highest BCUT2D eigenvalue weighted by Gasteiger charge is 2.57. The van der Waals surface area contributed by atoms with Gasteiger partial charge in [-0.25, -0.2) is 0 Å². The standard InChI is InChI=1S/C18H21BCl2N3O6/c1-10(2)5-14(19-24(8-16(26)29-19)9-17(27)30-19)23-15(25)7-22-18(28)12-6-11(20)3-4-13(12)21/h3-4,6,10,14H,5,7-9H2,1-2H3,(H,22,28)(H,23,25)/q-1/t14-/m0/s1. The van der Waals surface area contributed by atoms with E-state index in [0.29, 0.717) is 11.4 Å². The molecule has 1 aromatic rings. The Hall–Kier alpha value is -2.30. The van der Waals surface area contributed by atoms with Crippen molar-refractivity contribution in [2.45, 2.75) is 26.2 Å². The number of amides is 2. The number of fused-ring (bicyclic) bond motifs is 1. The van der Waals surface area contributed by atoms with Crippen molar-refractivity contribution in [1.29, 1.82) is 0 Å². The minimum Gasteiger partial charge on any atom is -0.641 e. The number of benzene rings is 1. The van der Waals surface area contributed by atoms with E-state index >= 15 is 0 Å². The van der Waals surface area contributed by atoms with E-state index in [0.717, 1.165) is 0 Å². The number of carbonyl (C=O) groups is 4. The number of rotatable bonds is 7. The van der Waals surface area contributed by atoms with Crippen molar-refractivity contribution in [3.8, 4) is 0 Å². The smallest absolute Gasteiger partial charge is 0.453 e. The van der Waals surface area contributed by atoms with Gasteiger partial charge < -0.3 is 24.8 Å². The van der Waals surface area contributed by atoms with Gasteiger partial charge in [-0.3, -0.25) is 19.2 Å². The monoisotopic (exact) mass is 456 g/mol. The van der Waals surface area contributed by atoms with Crippen LogP contribution in [0.5, 0.6) is 0 Å². The lowest BCUT2D eigenvalue weighted by molar-refractivity contribution is -0.138. The topological polar surface area (TPSA) is 114 Å². The number of nitrogens with zero attached hydrogens (tertiary/aromatic N) is 1. The molecular weight excluding hydrogens is 436 g/mol. The lowest BCUT2D eigenvalue weighted by Crippen LogP contribution is -2.65. The number of hydrogen-bond acceptors (Lipinski definition) is 7. The molecule has 2 saturated heterocycles. The third-order valence-electron chi connectivity index (χ3n) is 4.94. The third kappa shape index (κ3) is 4.71. The highest BCUT2D eigenvalue weighted by molar-refractivity contribution is 6.72. The maximum absolute atomic E-state index is 12.6. The summed E-state index contributed by atoms with van der Waals surface area (Å²) < 4.78 is 10.8. The molecule has 2 heterocycles. The first-order valence-corrected chi connectivity index (χ1v) is 10.2. The average molecular weight is 457 g/mol. The van der Waals surface area contributed by atoms with Crippen LogP contribution in [-0.2, 0) is 23.7 Å². The van der Waals surface area contributed by atoms with Crippen LogP contribution in [0.2, 0.25) is 10.0 Å². The van der Waals surface area contributed by atoms with E-state index in [1.54, 1.807) is 6.07 Å². The summed E-state index contributed by atoms with van der Waals surface area (Å²) in [6.07, 6.45) is 0.400. The van der Waals surface area contributed by atoms with Crippen LogP contribution >= 0.6 is 23.2 Å². The molecular formula is C18H21BCl2N3O6-. The minimum atomic E-state index is -2.48. The summed E-state index contributed by atoms with van der Waals surface area (Å²) in [4.78, 5) is 50.1. The summed E-state index contributed by atoms with van der Waals surface area (Å²) in [5.41, 5.74) is 0.138. The number of hydrogen-bond donors (Lipinski definition) is 2. The van der Waals surface area contributed by atoms with E-state index < -0.39 is 36.4 Å². The largest absolute Gasteiger partial charge is 0.641 e. The Bertz CT molecular complexity index is 877. The number of nitrogens with one attached hydrogen (secondary N) is 2. The maximum Gasteiger partial charge on any atom is 0.453 e. The molecule has 0 bridgehead atoms. The molecule has 9 nitrogen and oxygen atoms in total. The Balaban J connectivity index is 1.69. The van der Waals surface area contributed by atoms with Crippen LogP contribution in [0.1, 0.15) is 30.6 Å². The van der Waals surface area contributed by atoms with Gasteiger partial charge in [0, 0.05) is 11.0 Å². The quantitative estimate of drug-likeness (QED) is 0.591. The maximum atomic E-state index is 12.6. The fraction of sp³-hybridized carbons (Fsp3) is 0.444. The normalized spacial score (nSPS) is 18.6. The summed E-state index contributed by atoms with van der Waals surface area (Å²) in [7, 11) is 0. The van der Waals surface area contributed by atoms with E-state index in [9.17, 15) is 19.2 Å². The number of carbonyl (C=O) groups excluding carboxylic acids is 4. The van der Waals surface area contributed by atoms with Gasteiger partial charge in [-0.15, -0.1) is 0 Å². The zero-order valence-electron chi connectivity index (χ0n) is 16.4. The summed E-state index contributed by atoms with van der Waals surface area (Å²) in [6, 6.07) is 4.42. The van der Waals surface area contributed by atoms with Crippen LogP contribution in [0.4, 0.5) is 0 Å². The molecule has 2 aliphatic heterocycles. The van der Waals surface area contributed by atoms with Crippen molar-refractivity contribution in [1.82, 2.24) is 15.4 Å². The van der Waals surface area contributed by atoms with Crippen LogP contribution < -0.4 is 10.6 Å². The van der Waals surface area contributed by atoms with Gasteiger partial charge in [-0.2, -0.15) is 0 Å². The van der Waals surface area contributed by atoms with E-state index in [-0.39, 0.29) is 36.1 Å². The summed E-state index contributed by atoms with van der Waals surface area (Å²) in [6.45, 7) is 0.844. The Labute approximate surface area is 183 Å². The van der Waals surface area contributed by atoms with Crippen LogP contribution in [0.15, 0.2) is 18.2 Å². The van der Waals surface area contributed by atoms with Crippen LogP contribution in [0, 0.1) is 5.92 Å². The Morgan fingerprint density at radius 2 is 1.80 bits per heavy atom. The van der Waals surface area contributed by atoms with E-state index in [1.807, 2.05) is 13.8 Å². The zero-order chi connectivity index (χ0) is 22.1. The van der Waals surface area contributed by atoms with Gasteiger partial charge >= 0.3 is 6.69 Å². The third-order valence-corrected chi connectivity index (χ3v) is 5.50. The highest BCUT2D eigenvalue weighted by Crippen LogP contribution is 2.32. The molecule has 2 aliphatic rings. The van der Waals surface area contributed by atoms with Gasteiger partial charge in [0.05, 0.1) is 30.2 Å². The molecule has 2 fully saturated rings. The second kappa shape index (κ2) is 8.83. The molecule has 0 spiro atoms. The van der Waals surface area contributed by atoms with Crippen molar-refractivity contribution in [2.75, 3.05) is 19.6 Å². The van der Waals surface area contributed by atoms with Gasteiger partial charge in [0.1, 0.15) is 0 Å². The molecule has 0 aromatic heterocycles. The first-order chi connectivity index (χ1) is 14.1. The van der Waals surface area contributed by atoms with Crippen molar-refractivity contribution in [3.05, 3.63) is 33.8 Å². The van der Waals surface area contributed by atoms with Crippen molar-refractivity contribution in [3.63, 3.8) is 0 Å². The Morgan fingerprint density at radius 1 is 1.17 bits per heavy atom. The molecule has 30 heavy (non-hydrogen) atoms. The summed E-state index contributed by atoms with van der Waals surface area (Å²) >= 11 is 11.9. The van der Waals surface area contributed by atoms with E-state index in [4.69, 9.17) is 32.5 Å². The fourth-order valence-corrected chi connectivity index (χ4v) is 4.09. The SMILES string of the molecule is CC(C)C[C@H](NC(=O)CNC(=O)c1cc(Cl)ccc1Cl)[B-]12OC(=O)CN1CC(=O)O2. The van der Waals surface area contributed by atoms with Gasteiger partial charge in [-0.05, 0) is 24.1 Å². The van der Waals surface area contributed by atoms with Gasteiger partial charge in [0.2, 0.25) is 5.91 Å². The summed E-state index contributed by atoms with van der Waals surface area (Å²) in [5, 5.41) is 5.75. The predicted octanol–water partition coefficient (Wildman–Crippen LogP) is 1.15. The van der Waals surface area contributed by atoms with Crippen molar-refractivity contribution < 1.29 is 28.5 Å². The molecule has 2 N–H and O–H groups in total. The molecule has 2 amide bonds. The molecule has 0 unspecified atom stereocenters. The van der Waals surface area contributed by atoms with Crippen molar-refractivity contribution >= 4 is 53.6 Å². The zero-order valence-corrected chi connectivity index (χ0v) is 18.0. The molecule has 0 saturated carbocycles. The summed E-state index contributed by atoms with van der Waals surface area (Å²) in [5.74, 6) is -2.78. The van der Waals surface area contributed by atoms with Crippen molar-refractivity contribution in [2.24, 2.45) is 5.92 Å². The molecule has 12 heteroatoms. The molecule has 0 radical (unpaired) electrons. The average Bonchev–Trinajstić information content (AvgIpc) is 3.12. The first-order valence-electron chi connectivity index (χ1n) is 9.46. The predicted molar refractivity (Wildman–Crippen MR) is 110 cm³/mol. The molecule has 1 aromatic carbocycles. The van der Waals surface area contributed by atoms with Crippen LogP contribution in [-0.4, -0.2) is 60.8 Å². The number of halogens is 2. The van der Waals surface area contributed by atoms with Gasteiger partial charge in [-0.1, -0.05) is 43.5 Å². The second-order valence-electron chi connectivity index (χ2n) is 7.72. The minimum absolute atomic E-state index is 0.0831. The fourth-order valence-electron chi connectivity index (χ4n) is 3.71. The lowest BCUT2D eigenvalue weighted by Gasteiger charge is -2.42. The second-order valence-corrected chi connectivity index (χ2v) is 8.57. The molecule has 162 valence electrons. The lowest BCUT2D eigenvalue weighted by atomic mass is 9.59. The molecule has 0 aliphatic carbocycles. The van der Waals surface area contributed by atoms with Crippen LogP contribution in [0.3, 0.4) is 0 Å². The van der Waals surface area contributed by atoms with Gasteiger partial charge in [0.15, 0.2) is 0 Å². The first kappa shape index (κ1) is 22.4. The Kier molecular flexibility index (Phi) is 6.59. The highest BCUT2D eigenvalue weighted by atomic mass is 35.5. The van der Waals surface area contributed by atoms with E-state index in [2.05, 4.69) is 10.6 Å². The molecule has 3 rings (SSSR count).